The number of benzene rings is 1. The van der Waals surface area contributed by atoms with Crippen LogP contribution >= 0.6 is 0 Å². The van der Waals surface area contributed by atoms with Crippen LogP contribution in [0.3, 0.4) is 0 Å². The number of carbonyl (C=O) groups excluding carboxylic acids is 3. The molecule has 4 heterocycles. The van der Waals surface area contributed by atoms with Gasteiger partial charge in [0, 0.05) is 26.1 Å². The predicted molar refractivity (Wildman–Crippen MR) is 147 cm³/mol. The highest BCUT2D eigenvalue weighted by Gasteiger charge is 2.33. The maximum absolute atomic E-state index is 12.6. The maximum Gasteiger partial charge on any atom is 0.365 e. The van der Waals surface area contributed by atoms with Gasteiger partial charge in [0.2, 0.25) is 0 Å². The van der Waals surface area contributed by atoms with Crippen LogP contribution in [0.5, 0.6) is 6.01 Å². The minimum atomic E-state index is -0.872. The summed E-state index contributed by atoms with van der Waals surface area (Å²) >= 11 is 0. The van der Waals surface area contributed by atoms with E-state index in [1.54, 1.807) is 13.3 Å². The van der Waals surface area contributed by atoms with E-state index >= 15 is 0 Å². The molecule has 0 bridgehead atoms. The van der Waals surface area contributed by atoms with Gasteiger partial charge in [0.15, 0.2) is 11.5 Å². The van der Waals surface area contributed by atoms with Crippen molar-refractivity contribution >= 4 is 46.8 Å². The lowest BCUT2D eigenvalue weighted by Gasteiger charge is -2.12. The van der Waals surface area contributed by atoms with Gasteiger partial charge in [-0.3, -0.25) is 19.6 Å². The molecule has 4 aromatic rings. The van der Waals surface area contributed by atoms with Crippen LogP contribution in [0.1, 0.15) is 34.3 Å². The number of nitrogen functional groups attached to an aromatic ring is 1. The molecule has 1 aliphatic rings. The van der Waals surface area contributed by atoms with Crippen LogP contribution in [0.2, 0.25) is 0 Å². The quantitative estimate of drug-likeness (QED) is 0.0983. The molecule has 5 rings (SSSR count). The SMILES string of the molecule is COCCOc1nc(N)c2[nH]c(=O)n(Cc3ccc(/C=N/Nc4ccc(C(=O)ON5C(=O)CCC5=O)cn4)cc3)c2n1. The number of nitrogens with zero attached hydrogens (tertiary/aromatic N) is 6. The summed E-state index contributed by atoms with van der Waals surface area (Å²) in [6, 6.07) is 10.3. The van der Waals surface area contributed by atoms with Gasteiger partial charge in [-0.25, -0.2) is 14.6 Å². The standard InChI is InChI=1S/C26H25N9O7/c1-40-10-11-41-25-31-22(27)21-23(32-25)34(26(39)30-21)14-16-4-2-15(3-5-16)12-29-33-18-7-6-17(13-28-18)24(38)42-35-19(36)8-9-20(35)37/h2-7,12-13H,8-11,14H2,1H3,(H,28,33)(H,30,39)(H2,27,31,32)/b29-12+. The molecule has 0 aliphatic carbocycles. The number of H-pyrrole nitrogens is 1. The van der Waals surface area contributed by atoms with Crippen LogP contribution in [-0.4, -0.2) is 73.9 Å². The number of imidazole rings is 1. The molecule has 1 aliphatic heterocycles. The molecule has 3 aromatic heterocycles. The number of ether oxygens (including phenoxy) is 2. The van der Waals surface area contributed by atoms with Gasteiger partial charge in [-0.15, -0.1) is 5.06 Å². The van der Waals surface area contributed by atoms with Crippen LogP contribution in [0.4, 0.5) is 11.6 Å². The summed E-state index contributed by atoms with van der Waals surface area (Å²) < 4.78 is 11.9. The van der Waals surface area contributed by atoms with Crippen LogP contribution in [0.25, 0.3) is 11.2 Å². The van der Waals surface area contributed by atoms with Crippen molar-refractivity contribution < 1.29 is 28.7 Å². The minimum Gasteiger partial charge on any atom is -0.461 e. The lowest BCUT2D eigenvalue weighted by atomic mass is 10.1. The number of anilines is 2. The van der Waals surface area contributed by atoms with Gasteiger partial charge in [-0.1, -0.05) is 24.3 Å². The first-order valence-electron chi connectivity index (χ1n) is 12.6. The zero-order chi connectivity index (χ0) is 29.6. The summed E-state index contributed by atoms with van der Waals surface area (Å²) in [5.41, 5.74) is 10.6. The summed E-state index contributed by atoms with van der Waals surface area (Å²) in [5.74, 6) is -1.55. The van der Waals surface area contributed by atoms with Gasteiger partial charge < -0.3 is 25.0 Å². The predicted octanol–water partition coefficient (Wildman–Crippen LogP) is 0.837. The lowest BCUT2D eigenvalue weighted by Crippen LogP contribution is -2.32. The Morgan fingerprint density at radius 2 is 1.86 bits per heavy atom. The number of hydrazone groups is 1. The molecule has 2 amide bonds. The normalized spacial score (nSPS) is 13.3. The fourth-order valence-corrected chi connectivity index (χ4v) is 3.90. The highest BCUT2D eigenvalue weighted by molar-refractivity contribution is 6.02. The van der Waals surface area contributed by atoms with Gasteiger partial charge in [-0.05, 0) is 23.3 Å². The van der Waals surface area contributed by atoms with E-state index < -0.39 is 17.8 Å². The van der Waals surface area contributed by atoms with E-state index in [1.165, 1.54) is 22.9 Å². The summed E-state index contributed by atoms with van der Waals surface area (Å²) in [6.07, 6.45) is 2.82. The van der Waals surface area contributed by atoms with E-state index in [0.29, 0.717) is 28.7 Å². The first kappa shape index (κ1) is 27.9. The Bertz CT molecular complexity index is 1700. The Kier molecular flexibility index (Phi) is 8.14. The monoisotopic (exact) mass is 575 g/mol. The summed E-state index contributed by atoms with van der Waals surface area (Å²) in [4.78, 5) is 68.0. The first-order valence-corrected chi connectivity index (χ1v) is 12.6. The van der Waals surface area contributed by atoms with E-state index in [4.69, 9.17) is 20.0 Å². The Labute approximate surface area is 237 Å². The van der Waals surface area contributed by atoms with Crippen molar-refractivity contribution in [3.63, 3.8) is 0 Å². The topological polar surface area (TPSA) is 209 Å². The molecule has 216 valence electrons. The molecule has 16 heteroatoms. The molecule has 4 N–H and O–H groups in total. The van der Waals surface area contributed by atoms with Crippen molar-refractivity contribution in [1.82, 2.24) is 29.6 Å². The van der Waals surface area contributed by atoms with Crippen molar-refractivity contribution in [2.45, 2.75) is 19.4 Å². The second kappa shape index (κ2) is 12.3. The molecular formula is C26H25N9O7. The van der Waals surface area contributed by atoms with Gasteiger partial charge in [-0.2, -0.15) is 15.1 Å². The second-order valence-electron chi connectivity index (χ2n) is 8.95. The smallest absolute Gasteiger partial charge is 0.365 e. The van der Waals surface area contributed by atoms with Crippen molar-refractivity contribution in [3.8, 4) is 6.01 Å². The Hall–Kier alpha value is -5.64. The lowest BCUT2D eigenvalue weighted by molar-refractivity contribution is -0.172. The maximum atomic E-state index is 12.6. The Balaban J connectivity index is 1.19. The number of hydroxylamine groups is 2. The number of methoxy groups -OCH3 is 1. The molecule has 0 spiro atoms. The molecule has 0 unspecified atom stereocenters. The van der Waals surface area contributed by atoms with Crippen molar-refractivity contribution in [2.75, 3.05) is 31.5 Å². The third-order valence-electron chi connectivity index (χ3n) is 6.04. The zero-order valence-corrected chi connectivity index (χ0v) is 22.3. The van der Waals surface area contributed by atoms with Gasteiger partial charge >= 0.3 is 17.7 Å². The number of hydrogen-bond acceptors (Lipinski definition) is 13. The number of aromatic nitrogens is 5. The molecule has 1 saturated heterocycles. The average Bonchev–Trinajstić information content (AvgIpc) is 3.47. The number of carbonyl (C=O) groups is 3. The van der Waals surface area contributed by atoms with Crippen molar-refractivity contribution in [1.29, 1.82) is 0 Å². The molecule has 0 atom stereocenters. The number of pyridine rings is 1. The third kappa shape index (κ3) is 6.23. The average molecular weight is 576 g/mol. The number of nitrogens with one attached hydrogen (secondary N) is 2. The van der Waals surface area contributed by atoms with Gasteiger partial charge in [0.1, 0.15) is 17.9 Å². The fourth-order valence-electron chi connectivity index (χ4n) is 3.90. The number of hydrogen-bond donors (Lipinski definition) is 3. The molecule has 42 heavy (non-hydrogen) atoms. The van der Waals surface area contributed by atoms with Crippen LogP contribution in [0.15, 0.2) is 52.5 Å². The number of amides is 2. The molecular weight excluding hydrogens is 550 g/mol. The van der Waals surface area contributed by atoms with E-state index in [9.17, 15) is 19.2 Å². The zero-order valence-electron chi connectivity index (χ0n) is 22.3. The van der Waals surface area contributed by atoms with Crippen molar-refractivity contribution in [3.05, 3.63) is 69.8 Å². The van der Waals surface area contributed by atoms with E-state index in [-0.39, 0.29) is 49.1 Å². The van der Waals surface area contributed by atoms with Crippen LogP contribution < -0.4 is 21.6 Å². The number of rotatable bonds is 11. The highest BCUT2D eigenvalue weighted by atomic mass is 16.7. The summed E-state index contributed by atoms with van der Waals surface area (Å²) in [6.45, 7) is 0.801. The largest absolute Gasteiger partial charge is 0.461 e. The summed E-state index contributed by atoms with van der Waals surface area (Å²) in [7, 11) is 1.55. The summed E-state index contributed by atoms with van der Waals surface area (Å²) in [5, 5.41) is 4.61. The second-order valence-corrected chi connectivity index (χ2v) is 8.95. The number of aromatic amines is 1. The van der Waals surface area contributed by atoms with Gasteiger partial charge in [0.05, 0.1) is 24.9 Å². The van der Waals surface area contributed by atoms with Gasteiger partial charge in [0.25, 0.3) is 11.8 Å². The molecule has 1 fully saturated rings. The molecule has 0 radical (unpaired) electrons. The van der Waals surface area contributed by atoms with Crippen LogP contribution in [-0.2, 0) is 25.7 Å². The molecule has 0 saturated carbocycles. The number of nitrogens with two attached hydrogens (primary N) is 1. The molecule has 16 nitrogen and oxygen atoms in total. The van der Waals surface area contributed by atoms with Crippen molar-refractivity contribution in [2.24, 2.45) is 5.10 Å². The third-order valence-corrected chi connectivity index (χ3v) is 6.04. The van der Waals surface area contributed by atoms with Crippen LogP contribution in [0, 0.1) is 0 Å². The Morgan fingerprint density at radius 3 is 2.55 bits per heavy atom. The van der Waals surface area contributed by atoms with E-state index in [2.05, 4.69) is 30.5 Å². The first-order chi connectivity index (χ1) is 20.3. The number of imide groups is 1. The number of fused-ring (bicyclic) bond motifs is 1. The highest BCUT2D eigenvalue weighted by Crippen LogP contribution is 2.19. The fraction of sp³-hybridized carbons (Fsp3) is 0.231. The van der Waals surface area contributed by atoms with E-state index in [0.717, 1.165) is 11.1 Å². The Morgan fingerprint density at radius 1 is 1.10 bits per heavy atom. The van der Waals surface area contributed by atoms with E-state index in [1.807, 2.05) is 24.3 Å². The minimum absolute atomic E-state index is 0.00958. The molecule has 1 aromatic carbocycles.